The van der Waals surface area contributed by atoms with Crippen LogP contribution in [0.5, 0.6) is 0 Å². The molecule has 4 saturated carbocycles. The molecule has 0 saturated heterocycles. The molecule has 0 spiro atoms. The van der Waals surface area contributed by atoms with E-state index in [0.717, 1.165) is 17.8 Å². The van der Waals surface area contributed by atoms with Crippen molar-refractivity contribution in [2.24, 2.45) is 23.5 Å². The van der Waals surface area contributed by atoms with Gasteiger partial charge in [0, 0.05) is 19.2 Å². The van der Waals surface area contributed by atoms with E-state index in [-0.39, 0.29) is 17.6 Å². The predicted molar refractivity (Wildman–Crippen MR) is 77.3 cm³/mol. The van der Waals surface area contributed by atoms with Crippen LogP contribution in [0.1, 0.15) is 38.5 Å². The fourth-order valence-corrected chi connectivity index (χ4v) is 5.10. The molecule has 4 fully saturated rings. The van der Waals surface area contributed by atoms with E-state index in [1.807, 2.05) is 0 Å². The van der Waals surface area contributed by atoms with Crippen molar-refractivity contribution in [1.82, 2.24) is 10.6 Å². The van der Waals surface area contributed by atoms with Crippen LogP contribution in [0.2, 0.25) is 0 Å². The van der Waals surface area contributed by atoms with Crippen LogP contribution in [-0.2, 0) is 4.74 Å². The summed E-state index contributed by atoms with van der Waals surface area (Å²) < 4.78 is 5.07. The first-order valence-electron chi connectivity index (χ1n) is 7.90. The molecule has 114 valence electrons. The van der Waals surface area contributed by atoms with Crippen LogP contribution in [0.25, 0.3) is 0 Å². The van der Waals surface area contributed by atoms with Crippen LogP contribution in [0, 0.1) is 17.8 Å². The maximum Gasteiger partial charge on any atom is 0.315 e. The van der Waals surface area contributed by atoms with Crippen LogP contribution in [0.4, 0.5) is 4.79 Å². The lowest BCUT2D eigenvalue weighted by Gasteiger charge is -2.56. The molecule has 4 aliphatic rings. The molecule has 0 aromatic heterocycles. The summed E-state index contributed by atoms with van der Waals surface area (Å²) >= 11 is 0. The summed E-state index contributed by atoms with van der Waals surface area (Å²) in [6.45, 7) is 0.868. The molecule has 4 aliphatic carbocycles. The van der Waals surface area contributed by atoms with E-state index in [0.29, 0.717) is 13.2 Å². The minimum atomic E-state index is -0.103. The standard InChI is InChI=1S/C15H27N3O2/c1-20-9-13(8-16)17-14(19)18-15-5-10-2-11(6-15)4-12(3-10)7-15/h10-13H,2-9,16H2,1H3,(H2,17,18,19). The van der Waals surface area contributed by atoms with Crippen molar-refractivity contribution < 1.29 is 9.53 Å². The molecule has 5 nitrogen and oxygen atoms in total. The van der Waals surface area contributed by atoms with Gasteiger partial charge in [-0.15, -0.1) is 0 Å². The number of hydrogen-bond donors (Lipinski definition) is 3. The average Bonchev–Trinajstić information content (AvgIpc) is 2.35. The van der Waals surface area contributed by atoms with E-state index in [4.69, 9.17) is 10.5 Å². The van der Waals surface area contributed by atoms with Crippen molar-refractivity contribution >= 4 is 6.03 Å². The highest BCUT2D eigenvalue weighted by Gasteiger charge is 2.51. The van der Waals surface area contributed by atoms with Crippen molar-refractivity contribution in [3.63, 3.8) is 0 Å². The summed E-state index contributed by atoms with van der Waals surface area (Å²) in [7, 11) is 1.63. The van der Waals surface area contributed by atoms with Gasteiger partial charge in [0.2, 0.25) is 0 Å². The average molecular weight is 281 g/mol. The Kier molecular flexibility index (Phi) is 3.91. The van der Waals surface area contributed by atoms with Gasteiger partial charge in [-0.1, -0.05) is 0 Å². The highest BCUT2D eigenvalue weighted by Crippen LogP contribution is 2.55. The smallest absolute Gasteiger partial charge is 0.315 e. The second-order valence-electron chi connectivity index (χ2n) is 7.18. The van der Waals surface area contributed by atoms with Gasteiger partial charge in [-0.05, 0) is 56.3 Å². The Hall–Kier alpha value is -0.810. The van der Waals surface area contributed by atoms with Crippen LogP contribution >= 0.6 is 0 Å². The number of methoxy groups -OCH3 is 1. The van der Waals surface area contributed by atoms with Gasteiger partial charge in [0.1, 0.15) is 0 Å². The zero-order chi connectivity index (χ0) is 14.2. The lowest BCUT2D eigenvalue weighted by atomic mass is 9.53. The summed E-state index contributed by atoms with van der Waals surface area (Å²) in [5.74, 6) is 2.52. The zero-order valence-electron chi connectivity index (χ0n) is 12.4. The van der Waals surface area contributed by atoms with Crippen molar-refractivity contribution in [2.75, 3.05) is 20.3 Å². The summed E-state index contributed by atoms with van der Waals surface area (Å²) in [4.78, 5) is 12.2. The summed E-state index contributed by atoms with van der Waals surface area (Å²) in [6, 6.07) is -0.173. The van der Waals surface area contributed by atoms with Gasteiger partial charge >= 0.3 is 6.03 Å². The molecule has 1 unspecified atom stereocenters. The topological polar surface area (TPSA) is 76.4 Å². The van der Waals surface area contributed by atoms with E-state index < -0.39 is 0 Å². The Labute approximate surface area is 121 Å². The SMILES string of the molecule is COCC(CN)NC(=O)NC12CC3CC(CC(C3)C1)C2. The number of ether oxygens (including phenoxy) is 1. The van der Waals surface area contributed by atoms with Gasteiger partial charge in [0.25, 0.3) is 0 Å². The number of urea groups is 1. The quantitative estimate of drug-likeness (QED) is 0.709. The Morgan fingerprint density at radius 1 is 1.25 bits per heavy atom. The second kappa shape index (κ2) is 5.53. The van der Waals surface area contributed by atoms with Crippen molar-refractivity contribution in [3.05, 3.63) is 0 Å². The lowest BCUT2D eigenvalue weighted by Crippen LogP contribution is -2.62. The molecule has 0 aliphatic heterocycles. The van der Waals surface area contributed by atoms with E-state index >= 15 is 0 Å². The van der Waals surface area contributed by atoms with E-state index in [1.54, 1.807) is 7.11 Å². The first-order valence-corrected chi connectivity index (χ1v) is 7.90. The van der Waals surface area contributed by atoms with Crippen molar-refractivity contribution in [1.29, 1.82) is 0 Å². The van der Waals surface area contributed by atoms with Gasteiger partial charge in [-0.2, -0.15) is 0 Å². The van der Waals surface area contributed by atoms with Gasteiger partial charge < -0.3 is 21.1 Å². The van der Waals surface area contributed by atoms with Gasteiger partial charge in [-0.25, -0.2) is 4.79 Å². The number of carbonyl (C=O) groups excluding carboxylic acids is 1. The van der Waals surface area contributed by atoms with Gasteiger partial charge in [-0.3, -0.25) is 0 Å². The lowest BCUT2D eigenvalue weighted by molar-refractivity contribution is -0.0137. The van der Waals surface area contributed by atoms with Gasteiger partial charge in [0.15, 0.2) is 0 Å². The molecule has 0 aromatic carbocycles. The molecule has 4 rings (SSSR count). The molecular formula is C15H27N3O2. The molecule has 4 bridgehead atoms. The highest BCUT2D eigenvalue weighted by molar-refractivity contribution is 5.75. The molecule has 2 amide bonds. The van der Waals surface area contributed by atoms with Crippen molar-refractivity contribution in [2.45, 2.75) is 50.1 Å². The third kappa shape index (κ3) is 2.79. The predicted octanol–water partition coefficient (Wildman–Crippen LogP) is 1.23. The number of carbonyl (C=O) groups is 1. The molecule has 0 heterocycles. The number of rotatable bonds is 5. The largest absolute Gasteiger partial charge is 0.383 e. The van der Waals surface area contributed by atoms with Crippen molar-refractivity contribution in [3.8, 4) is 0 Å². The number of hydrogen-bond acceptors (Lipinski definition) is 3. The van der Waals surface area contributed by atoms with E-state index in [1.165, 1.54) is 38.5 Å². The second-order valence-corrected chi connectivity index (χ2v) is 7.18. The maximum absolute atomic E-state index is 12.2. The number of amides is 2. The van der Waals surface area contributed by atoms with Crippen LogP contribution in [0.15, 0.2) is 0 Å². The summed E-state index contributed by atoms with van der Waals surface area (Å²) in [6.07, 6.45) is 7.67. The highest BCUT2D eigenvalue weighted by atomic mass is 16.5. The first-order chi connectivity index (χ1) is 9.62. The minimum absolute atomic E-state index is 0.0606. The van der Waals surface area contributed by atoms with Gasteiger partial charge in [0.05, 0.1) is 12.6 Å². The summed E-state index contributed by atoms with van der Waals surface area (Å²) in [5, 5.41) is 6.23. The molecular weight excluding hydrogens is 254 g/mol. The van der Waals surface area contributed by atoms with E-state index in [9.17, 15) is 4.79 Å². The monoisotopic (exact) mass is 281 g/mol. The molecule has 0 aromatic rings. The van der Waals surface area contributed by atoms with E-state index in [2.05, 4.69) is 10.6 Å². The minimum Gasteiger partial charge on any atom is -0.383 e. The van der Waals surface area contributed by atoms with Crippen LogP contribution in [0.3, 0.4) is 0 Å². The van der Waals surface area contributed by atoms with Crippen LogP contribution in [-0.4, -0.2) is 37.9 Å². The fourth-order valence-electron chi connectivity index (χ4n) is 5.10. The number of nitrogens with two attached hydrogens (primary N) is 1. The number of nitrogens with one attached hydrogen (secondary N) is 2. The third-order valence-corrected chi connectivity index (χ3v) is 5.40. The maximum atomic E-state index is 12.2. The Balaban J connectivity index is 1.58. The fraction of sp³-hybridized carbons (Fsp3) is 0.933. The zero-order valence-corrected chi connectivity index (χ0v) is 12.4. The Morgan fingerprint density at radius 3 is 2.25 bits per heavy atom. The molecule has 5 heteroatoms. The Morgan fingerprint density at radius 2 is 1.80 bits per heavy atom. The molecule has 20 heavy (non-hydrogen) atoms. The third-order valence-electron chi connectivity index (χ3n) is 5.40. The first kappa shape index (κ1) is 14.1. The Bertz CT molecular complexity index is 337. The molecule has 4 N–H and O–H groups in total. The van der Waals surface area contributed by atoms with Crippen LogP contribution < -0.4 is 16.4 Å². The molecule has 0 radical (unpaired) electrons. The summed E-state index contributed by atoms with van der Waals surface area (Å²) in [5.41, 5.74) is 5.71. The molecule has 1 atom stereocenters. The normalized spacial score (nSPS) is 39.6.